The van der Waals surface area contributed by atoms with Gasteiger partial charge in [0.15, 0.2) is 5.69 Å². The number of halogens is 4. The van der Waals surface area contributed by atoms with Gasteiger partial charge in [0.05, 0.1) is 16.4 Å². The van der Waals surface area contributed by atoms with Crippen molar-refractivity contribution in [2.45, 2.75) is 6.18 Å². The van der Waals surface area contributed by atoms with Crippen molar-refractivity contribution >= 4 is 23.4 Å². The number of hydrogen-bond acceptors (Lipinski definition) is 3. The van der Waals surface area contributed by atoms with E-state index < -0.39 is 23.7 Å². The number of benzene rings is 3. The van der Waals surface area contributed by atoms with Crippen molar-refractivity contribution in [2.75, 3.05) is 7.05 Å². The van der Waals surface area contributed by atoms with E-state index in [1.54, 1.807) is 42.5 Å². The second-order valence-electron chi connectivity index (χ2n) is 7.53. The van der Waals surface area contributed by atoms with Crippen molar-refractivity contribution in [1.29, 1.82) is 0 Å². The maximum atomic E-state index is 13.6. The van der Waals surface area contributed by atoms with Crippen LogP contribution in [0.2, 0.25) is 5.02 Å². The summed E-state index contributed by atoms with van der Waals surface area (Å²) in [6.45, 7) is 0. The number of para-hydroxylation sites is 1. The number of carbonyl (C=O) groups excluding carboxylic acids is 2. The number of nitrogens with one attached hydrogen (secondary N) is 1. The van der Waals surface area contributed by atoms with Crippen molar-refractivity contribution in [2.24, 2.45) is 5.73 Å². The van der Waals surface area contributed by atoms with Gasteiger partial charge in [-0.1, -0.05) is 48.0 Å². The molecule has 3 N–H and O–H groups in total. The number of hydrogen-bond donors (Lipinski definition) is 2. The molecule has 0 aliphatic heterocycles. The highest BCUT2D eigenvalue weighted by atomic mass is 35.5. The van der Waals surface area contributed by atoms with Gasteiger partial charge in [0, 0.05) is 23.7 Å². The van der Waals surface area contributed by atoms with Gasteiger partial charge in [0.1, 0.15) is 0 Å². The van der Waals surface area contributed by atoms with E-state index in [2.05, 4.69) is 10.4 Å². The molecular weight excluding hydrogens is 481 g/mol. The molecule has 4 aromatic rings. The molecule has 0 fully saturated rings. The number of alkyl halides is 3. The minimum atomic E-state index is -4.71. The van der Waals surface area contributed by atoms with E-state index in [0.717, 1.165) is 10.7 Å². The lowest BCUT2D eigenvalue weighted by Gasteiger charge is -2.15. The predicted octanol–water partition coefficient (Wildman–Crippen LogP) is 5.34. The highest BCUT2D eigenvalue weighted by Crippen LogP contribution is 2.37. The van der Waals surface area contributed by atoms with Gasteiger partial charge >= 0.3 is 6.18 Å². The Morgan fingerprint density at radius 2 is 1.63 bits per heavy atom. The first-order valence-corrected chi connectivity index (χ1v) is 10.7. The number of carbonyl (C=O) groups is 2. The second-order valence-corrected chi connectivity index (χ2v) is 7.93. The zero-order chi connectivity index (χ0) is 25.3. The zero-order valence-corrected chi connectivity index (χ0v) is 19.0. The van der Waals surface area contributed by atoms with Crippen molar-refractivity contribution in [3.8, 4) is 28.1 Å². The lowest BCUT2D eigenvalue weighted by molar-refractivity contribution is -0.141. The number of nitrogens with zero attached hydrogens (tertiary/aromatic N) is 2. The Balaban J connectivity index is 2.00. The number of primary amides is 1. The third-order valence-corrected chi connectivity index (χ3v) is 5.67. The minimum Gasteiger partial charge on any atom is -0.366 e. The fourth-order valence-electron chi connectivity index (χ4n) is 3.72. The summed E-state index contributed by atoms with van der Waals surface area (Å²) in [5.74, 6) is -1.16. The van der Waals surface area contributed by atoms with Crippen molar-refractivity contribution in [3.63, 3.8) is 0 Å². The summed E-state index contributed by atoms with van der Waals surface area (Å²) in [5, 5.41) is 6.49. The summed E-state index contributed by atoms with van der Waals surface area (Å²) in [7, 11) is 1.46. The standard InChI is InChI=1S/C25H18ClF3N4O2/c1-31-24(35)17-7-3-2-6-15(17)18-12-14(10-11-16(18)23(30)34)21-13-22(25(27,28)29)32-33(21)20-9-5-4-8-19(20)26/h2-13H,1H3,(H2,30,34)(H,31,35). The SMILES string of the molecule is CNC(=O)c1ccccc1-c1cc(-c2cc(C(F)(F)F)nn2-c2ccccc2Cl)ccc1C(N)=O. The Bertz CT molecular complexity index is 1450. The maximum absolute atomic E-state index is 13.6. The van der Waals surface area contributed by atoms with Crippen LogP contribution in [0.4, 0.5) is 13.2 Å². The monoisotopic (exact) mass is 498 g/mol. The topological polar surface area (TPSA) is 90.0 Å². The molecule has 0 saturated carbocycles. The molecule has 0 aliphatic carbocycles. The zero-order valence-electron chi connectivity index (χ0n) is 18.2. The van der Waals surface area contributed by atoms with Crippen LogP contribution in [0.15, 0.2) is 72.8 Å². The molecule has 0 radical (unpaired) electrons. The summed E-state index contributed by atoms with van der Waals surface area (Å²) in [6, 6.07) is 18.2. The van der Waals surface area contributed by atoms with E-state index in [1.165, 1.54) is 31.3 Å². The molecule has 0 bridgehead atoms. The summed E-state index contributed by atoms with van der Waals surface area (Å²) in [5.41, 5.74) is 6.14. The lowest BCUT2D eigenvalue weighted by atomic mass is 9.92. The number of aromatic nitrogens is 2. The van der Waals surface area contributed by atoms with Gasteiger partial charge in [-0.3, -0.25) is 9.59 Å². The van der Waals surface area contributed by atoms with E-state index in [-0.39, 0.29) is 33.1 Å². The van der Waals surface area contributed by atoms with E-state index in [4.69, 9.17) is 17.3 Å². The van der Waals surface area contributed by atoms with E-state index in [0.29, 0.717) is 11.1 Å². The highest BCUT2D eigenvalue weighted by molar-refractivity contribution is 6.32. The predicted molar refractivity (Wildman–Crippen MR) is 126 cm³/mol. The van der Waals surface area contributed by atoms with E-state index >= 15 is 0 Å². The average Bonchev–Trinajstić information content (AvgIpc) is 3.29. The normalized spacial score (nSPS) is 11.3. The summed E-state index contributed by atoms with van der Waals surface area (Å²) >= 11 is 6.26. The number of amides is 2. The first-order valence-electron chi connectivity index (χ1n) is 10.3. The van der Waals surface area contributed by atoms with Gasteiger partial charge in [-0.2, -0.15) is 18.3 Å². The Hall–Kier alpha value is -4.11. The van der Waals surface area contributed by atoms with Crippen molar-refractivity contribution < 1.29 is 22.8 Å². The molecule has 0 saturated heterocycles. The van der Waals surface area contributed by atoms with Gasteiger partial charge in [0.2, 0.25) is 5.91 Å². The number of nitrogens with two attached hydrogens (primary N) is 1. The van der Waals surface area contributed by atoms with Crippen molar-refractivity contribution in [3.05, 3.63) is 94.6 Å². The summed E-state index contributed by atoms with van der Waals surface area (Å²) in [6.07, 6.45) is -4.71. The van der Waals surface area contributed by atoms with Gasteiger partial charge in [-0.15, -0.1) is 0 Å². The van der Waals surface area contributed by atoms with Crippen LogP contribution >= 0.6 is 11.6 Å². The third kappa shape index (κ3) is 4.63. The Morgan fingerprint density at radius 1 is 0.943 bits per heavy atom. The smallest absolute Gasteiger partial charge is 0.366 e. The molecule has 0 aliphatic rings. The van der Waals surface area contributed by atoms with Crippen LogP contribution < -0.4 is 11.1 Å². The fraction of sp³-hybridized carbons (Fsp3) is 0.0800. The van der Waals surface area contributed by atoms with Gasteiger partial charge in [-0.25, -0.2) is 4.68 Å². The first-order chi connectivity index (χ1) is 16.6. The number of rotatable bonds is 5. The fourth-order valence-corrected chi connectivity index (χ4v) is 3.94. The van der Waals surface area contributed by atoms with Gasteiger partial charge < -0.3 is 11.1 Å². The highest BCUT2D eigenvalue weighted by Gasteiger charge is 2.35. The lowest BCUT2D eigenvalue weighted by Crippen LogP contribution is -2.19. The molecular formula is C25H18ClF3N4O2. The van der Waals surface area contributed by atoms with Gasteiger partial charge in [0.25, 0.3) is 5.91 Å². The van der Waals surface area contributed by atoms with Crippen LogP contribution in [0.25, 0.3) is 28.1 Å². The molecule has 0 spiro atoms. The molecule has 2 amide bonds. The van der Waals surface area contributed by atoms with Crippen LogP contribution in [0, 0.1) is 0 Å². The molecule has 10 heteroatoms. The second kappa shape index (κ2) is 9.27. The quantitative estimate of drug-likeness (QED) is 0.389. The van der Waals surface area contributed by atoms with Crippen LogP contribution in [0.1, 0.15) is 26.4 Å². The maximum Gasteiger partial charge on any atom is 0.435 e. The van der Waals surface area contributed by atoms with Crippen LogP contribution in [-0.4, -0.2) is 28.6 Å². The minimum absolute atomic E-state index is 0.0834. The molecule has 1 heterocycles. The summed E-state index contributed by atoms with van der Waals surface area (Å²) < 4.78 is 41.9. The van der Waals surface area contributed by atoms with E-state index in [9.17, 15) is 22.8 Å². The largest absolute Gasteiger partial charge is 0.435 e. The Morgan fingerprint density at radius 3 is 2.29 bits per heavy atom. The third-order valence-electron chi connectivity index (χ3n) is 5.35. The molecule has 0 atom stereocenters. The van der Waals surface area contributed by atoms with Crippen LogP contribution in [0.5, 0.6) is 0 Å². The average molecular weight is 499 g/mol. The van der Waals surface area contributed by atoms with Crippen LogP contribution in [-0.2, 0) is 6.18 Å². The summed E-state index contributed by atoms with van der Waals surface area (Å²) in [4.78, 5) is 24.7. The molecule has 178 valence electrons. The van der Waals surface area contributed by atoms with E-state index in [1.807, 2.05) is 0 Å². The first kappa shape index (κ1) is 24.0. The molecule has 6 nitrogen and oxygen atoms in total. The van der Waals surface area contributed by atoms with Crippen molar-refractivity contribution in [1.82, 2.24) is 15.1 Å². The molecule has 3 aromatic carbocycles. The Kier molecular flexibility index (Phi) is 6.36. The van der Waals surface area contributed by atoms with Gasteiger partial charge in [-0.05, 0) is 47.5 Å². The molecule has 4 rings (SSSR count). The molecule has 1 aromatic heterocycles. The Labute approximate surface area is 203 Å². The molecule has 35 heavy (non-hydrogen) atoms. The molecule has 0 unspecified atom stereocenters. The van der Waals surface area contributed by atoms with Crippen LogP contribution in [0.3, 0.4) is 0 Å².